The molecule has 0 aliphatic heterocycles. The molecule has 1 unspecified atom stereocenters. The van der Waals surface area contributed by atoms with Crippen molar-refractivity contribution in [3.63, 3.8) is 0 Å². The maximum absolute atomic E-state index is 2.34. The van der Waals surface area contributed by atoms with Gasteiger partial charge in [-0.3, -0.25) is 0 Å². The molecule has 0 bridgehead atoms. The first-order chi connectivity index (χ1) is 8.11. The van der Waals surface area contributed by atoms with Crippen molar-refractivity contribution in [1.82, 2.24) is 0 Å². The molecule has 0 spiro atoms. The van der Waals surface area contributed by atoms with Crippen LogP contribution in [0, 0.1) is 16.7 Å². The molecule has 0 amide bonds. The zero-order valence-electron chi connectivity index (χ0n) is 13.7. The molecule has 104 valence electrons. The fourth-order valence-electron chi connectivity index (χ4n) is 2.22. The Morgan fingerprint density at radius 3 is 1.83 bits per heavy atom. The van der Waals surface area contributed by atoms with Gasteiger partial charge in [-0.2, -0.15) is 0 Å². The summed E-state index contributed by atoms with van der Waals surface area (Å²) in [5.74, 6) is 0.588. The van der Waals surface area contributed by atoms with Crippen LogP contribution in [0.3, 0.4) is 0 Å². The Balaban J connectivity index is 5.38. The maximum atomic E-state index is 2.34. The zero-order valence-corrected chi connectivity index (χ0v) is 13.7. The first-order valence-electron chi connectivity index (χ1n) is 7.07. The van der Waals surface area contributed by atoms with Gasteiger partial charge in [0.25, 0.3) is 0 Å². The summed E-state index contributed by atoms with van der Waals surface area (Å²) in [6, 6.07) is 0. The minimum atomic E-state index is 0.292. The second kappa shape index (κ2) is 6.97. The van der Waals surface area contributed by atoms with Gasteiger partial charge in [0.2, 0.25) is 0 Å². The third kappa shape index (κ3) is 6.83. The van der Waals surface area contributed by atoms with Crippen LogP contribution in [0.4, 0.5) is 0 Å². The predicted octanol–water partition coefficient (Wildman–Crippen LogP) is 6.16. The molecular weight excluding hydrogens is 216 g/mol. The molecule has 0 saturated carbocycles. The van der Waals surface area contributed by atoms with E-state index >= 15 is 0 Å². The Hall–Kier alpha value is -0.780. The molecule has 0 aromatic rings. The molecule has 0 nitrogen and oxygen atoms in total. The first kappa shape index (κ1) is 17.2. The topological polar surface area (TPSA) is 0 Å². The van der Waals surface area contributed by atoms with Crippen LogP contribution < -0.4 is 0 Å². The summed E-state index contributed by atoms with van der Waals surface area (Å²) in [5.41, 5.74) is 2.09. The fraction of sp³-hybridized carbons (Fsp3) is 0.667. The van der Waals surface area contributed by atoms with E-state index in [1.807, 2.05) is 0 Å². The van der Waals surface area contributed by atoms with Crippen molar-refractivity contribution < 1.29 is 0 Å². The fourth-order valence-corrected chi connectivity index (χ4v) is 2.22. The van der Waals surface area contributed by atoms with Crippen LogP contribution in [0.1, 0.15) is 61.8 Å². The van der Waals surface area contributed by atoms with Crippen LogP contribution in [0.5, 0.6) is 0 Å². The Labute approximate surface area is 115 Å². The van der Waals surface area contributed by atoms with E-state index in [0.717, 1.165) is 0 Å². The monoisotopic (exact) mass is 248 g/mol. The van der Waals surface area contributed by atoms with E-state index in [2.05, 4.69) is 85.8 Å². The number of rotatable bonds is 4. The summed E-state index contributed by atoms with van der Waals surface area (Å²) < 4.78 is 0. The molecule has 0 aliphatic carbocycles. The molecule has 0 aromatic carbocycles. The number of hydrogen-bond donors (Lipinski definition) is 0. The second-order valence-corrected chi connectivity index (χ2v) is 7.38. The van der Waals surface area contributed by atoms with Crippen molar-refractivity contribution in [2.24, 2.45) is 16.7 Å². The minimum Gasteiger partial charge on any atom is -0.0877 e. The number of allylic oxidation sites excluding steroid dienone is 6. The van der Waals surface area contributed by atoms with Gasteiger partial charge in [-0.15, -0.1) is 0 Å². The minimum absolute atomic E-state index is 0.292. The average Bonchev–Trinajstić information content (AvgIpc) is 2.18. The highest BCUT2D eigenvalue weighted by molar-refractivity contribution is 5.27. The summed E-state index contributed by atoms with van der Waals surface area (Å²) in [7, 11) is 0. The zero-order chi connectivity index (χ0) is 14.4. The van der Waals surface area contributed by atoms with Crippen molar-refractivity contribution in [1.29, 1.82) is 0 Å². The van der Waals surface area contributed by atoms with Gasteiger partial charge < -0.3 is 0 Å². The summed E-state index contributed by atoms with van der Waals surface area (Å²) in [6.07, 6.45) is 12.1. The van der Waals surface area contributed by atoms with E-state index in [1.165, 1.54) is 12.0 Å². The van der Waals surface area contributed by atoms with Gasteiger partial charge in [0.1, 0.15) is 0 Å². The quantitative estimate of drug-likeness (QED) is 0.522. The molecule has 0 fully saturated rings. The van der Waals surface area contributed by atoms with Gasteiger partial charge in [-0.25, -0.2) is 0 Å². The molecule has 0 N–H and O–H groups in total. The van der Waals surface area contributed by atoms with E-state index in [9.17, 15) is 0 Å². The maximum Gasteiger partial charge on any atom is -0.0108 e. The lowest BCUT2D eigenvalue weighted by Crippen LogP contribution is -2.26. The summed E-state index contributed by atoms with van der Waals surface area (Å²) >= 11 is 0. The third-order valence-corrected chi connectivity index (χ3v) is 3.10. The highest BCUT2D eigenvalue weighted by Gasteiger charge is 2.30. The predicted molar refractivity (Wildman–Crippen MR) is 84.7 cm³/mol. The normalized spacial score (nSPS) is 16.8. The van der Waals surface area contributed by atoms with Crippen molar-refractivity contribution >= 4 is 0 Å². The molecule has 0 rings (SSSR count). The molecule has 0 heterocycles. The van der Waals surface area contributed by atoms with Gasteiger partial charge in [0.15, 0.2) is 0 Å². The van der Waals surface area contributed by atoms with Crippen LogP contribution in [-0.2, 0) is 0 Å². The van der Waals surface area contributed by atoms with E-state index in [4.69, 9.17) is 0 Å². The average molecular weight is 248 g/mol. The van der Waals surface area contributed by atoms with Crippen molar-refractivity contribution in [2.45, 2.75) is 61.8 Å². The van der Waals surface area contributed by atoms with Gasteiger partial charge >= 0.3 is 0 Å². The molecule has 0 aromatic heterocycles. The third-order valence-electron chi connectivity index (χ3n) is 3.10. The van der Waals surface area contributed by atoms with E-state index in [1.54, 1.807) is 0 Å². The largest absolute Gasteiger partial charge is 0.0877 e. The Kier molecular flexibility index (Phi) is 6.67. The lowest BCUT2D eigenvalue weighted by molar-refractivity contribution is 0.199. The molecule has 0 radical (unpaired) electrons. The van der Waals surface area contributed by atoms with Crippen LogP contribution >= 0.6 is 0 Å². The van der Waals surface area contributed by atoms with E-state index in [0.29, 0.717) is 16.7 Å². The Bertz CT molecular complexity index is 313. The standard InChI is InChI=1S/C18H32/c1-9-11-13-15(12-10-2)16(18(6,7)8)14-17(3,4)5/h9-13,16H,14H2,1-8H3/b11-9-,12-10-,15-13+. The molecule has 0 aliphatic rings. The molecule has 0 heteroatoms. The molecular formula is C18H32. The van der Waals surface area contributed by atoms with Crippen LogP contribution in [-0.4, -0.2) is 0 Å². The van der Waals surface area contributed by atoms with Crippen molar-refractivity contribution in [3.05, 3.63) is 36.0 Å². The summed E-state index contributed by atoms with van der Waals surface area (Å²) in [6.45, 7) is 18.2. The second-order valence-electron chi connectivity index (χ2n) is 7.38. The van der Waals surface area contributed by atoms with Gasteiger partial charge in [0.05, 0.1) is 0 Å². The smallest absolute Gasteiger partial charge is 0.0108 e. The van der Waals surface area contributed by atoms with Crippen LogP contribution in [0.2, 0.25) is 0 Å². The van der Waals surface area contributed by atoms with E-state index in [-0.39, 0.29) is 0 Å². The Morgan fingerprint density at radius 1 is 0.944 bits per heavy atom. The lowest BCUT2D eigenvalue weighted by Gasteiger charge is -2.36. The van der Waals surface area contributed by atoms with Crippen LogP contribution in [0.25, 0.3) is 0 Å². The highest BCUT2D eigenvalue weighted by atomic mass is 14.3. The van der Waals surface area contributed by atoms with Crippen molar-refractivity contribution in [3.8, 4) is 0 Å². The van der Waals surface area contributed by atoms with Gasteiger partial charge in [-0.1, -0.05) is 71.9 Å². The lowest BCUT2D eigenvalue weighted by atomic mass is 9.68. The molecule has 0 saturated heterocycles. The summed E-state index contributed by atoms with van der Waals surface area (Å²) in [4.78, 5) is 0. The highest BCUT2D eigenvalue weighted by Crippen LogP contribution is 2.40. The van der Waals surface area contributed by atoms with Crippen molar-refractivity contribution in [2.75, 3.05) is 0 Å². The first-order valence-corrected chi connectivity index (χ1v) is 7.07. The molecule has 18 heavy (non-hydrogen) atoms. The van der Waals surface area contributed by atoms with Crippen LogP contribution in [0.15, 0.2) is 36.0 Å². The summed E-state index contributed by atoms with van der Waals surface area (Å²) in [5, 5.41) is 0. The molecule has 1 atom stereocenters. The number of hydrogen-bond acceptors (Lipinski definition) is 0. The SMILES string of the molecule is C\C=C/C=C(\C=C/C)C(CC(C)(C)C)C(C)(C)C. The Morgan fingerprint density at radius 2 is 1.50 bits per heavy atom. The van der Waals surface area contributed by atoms with E-state index < -0.39 is 0 Å². The van der Waals surface area contributed by atoms with Gasteiger partial charge in [0, 0.05) is 0 Å². The van der Waals surface area contributed by atoms with Gasteiger partial charge in [-0.05, 0) is 42.6 Å².